The fraction of sp³-hybridized carbons (Fsp3) is 0.214. The van der Waals surface area contributed by atoms with Gasteiger partial charge in [-0.3, -0.25) is 0 Å². The van der Waals surface area contributed by atoms with E-state index in [9.17, 15) is 4.39 Å². The summed E-state index contributed by atoms with van der Waals surface area (Å²) >= 11 is 7.13. The standard InChI is InChI=1S/C14H13ClFN5S/c1-2-9-8-21(20-19-9)10-3-4-13(12(16)5-10)17-6-11-7-18-14(15)22-11/h3-5,7-8,17H,2,6H2,1H3. The van der Waals surface area contributed by atoms with Crippen LogP contribution in [0.3, 0.4) is 0 Å². The van der Waals surface area contributed by atoms with Crippen LogP contribution in [0.15, 0.2) is 30.6 Å². The number of hydrogen-bond donors (Lipinski definition) is 1. The number of thiazole rings is 1. The number of aromatic nitrogens is 4. The molecule has 0 aliphatic heterocycles. The number of anilines is 1. The highest BCUT2D eigenvalue weighted by Gasteiger charge is 2.07. The van der Waals surface area contributed by atoms with Gasteiger partial charge in [0, 0.05) is 17.1 Å². The fourth-order valence-electron chi connectivity index (χ4n) is 1.92. The van der Waals surface area contributed by atoms with Crippen LogP contribution >= 0.6 is 22.9 Å². The molecular formula is C14H13ClFN5S. The second-order valence-corrected chi connectivity index (χ2v) is 6.30. The molecule has 3 aromatic rings. The molecule has 2 heterocycles. The van der Waals surface area contributed by atoms with Gasteiger partial charge < -0.3 is 5.32 Å². The van der Waals surface area contributed by atoms with Crippen LogP contribution < -0.4 is 5.32 Å². The molecule has 0 spiro atoms. The van der Waals surface area contributed by atoms with E-state index in [0.717, 1.165) is 17.0 Å². The van der Waals surface area contributed by atoms with Crippen LogP contribution in [0.5, 0.6) is 0 Å². The van der Waals surface area contributed by atoms with E-state index in [1.54, 1.807) is 29.2 Å². The van der Waals surface area contributed by atoms with E-state index in [1.807, 2.05) is 6.92 Å². The van der Waals surface area contributed by atoms with E-state index >= 15 is 0 Å². The van der Waals surface area contributed by atoms with Crippen molar-refractivity contribution in [2.45, 2.75) is 19.9 Å². The summed E-state index contributed by atoms with van der Waals surface area (Å²) in [6.45, 7) is 2.47. The van der Waals surface area contributed by atoms with Gasteiger partial charge in [0.05, 0.1) is 29.8 Å². The summed E-state index contributed by atoms with van der Waals surface area (Å²) in [6, 6.07) is 4.90. The highest BCUT2D eigenvalue weighted by Crippen LogP contribution is 2.22. The predicted molar refractivity (Wildman–Crippen MR) is 85.1 cm³/mol. The zero-order valence-electron chi connectivity index (χ0n) is 11.8. The van der Waals surface area contributed by atoms with Gasteiger partial charge in [-0.1, -0.05) is 23.7 Å². The topological polar surface area (TPSA) is 55.6 Å². The van der Waals surface area contributed by atoms with Crippen LogP contribution in [-0.2, 0) is 13.0 Å². The van der Waals surface area contributed by atoms with Crippen molar-refractivity contribution in [2.75, 3.05) is 5.32 Å². The Morgan fingerprint density at radius 1 is 1.41 bits per heavy atom. The molecule has 22 heavy (non-hydrogen) atoms. The number of nitrogens with one attached hydrogen (secondary N) is 1. The molecular weight excluding hydrogens is 325 g/mol. The minimum Gasteiger partial charge on any atom is -0.378 e. The first-order chi connectivity index (χ1) is 10.7. The summed E-state index contributed by atoms with van der Waals surface area (Å²) in [5, 5.41) is 11.0. The Bertz CT molecular complexity index is 785. The Morgan fingerprint density at radius 2 is 2.27 bits per heavy atom. The SMILES string of the molecule is CCc1cn(-c2ccc(NCc3cnc(Cl)s3)c(F)c2)nn1. The summed E-state index contributed by atoms with van der Waals surface area (Å²) in [7, 11) is 0. The zero-order valence-corrected chi connectivity index (χ0v) is 13.3. The van der Waals surface area contributed by atoms with Crippen molar-refractivity contribution in [3.05, 3.63) is 51.4 Å². The quantitative estimate of drug-likeness (QED) is 0.771. The lowest BCUT2D eigenvalue weighted by atomic mass is 10.2. The maximum Gasteiger partial charge on any atom is 0.183 e. The number of benzene rings is 1. The van der Waals surface area contributed by atoms with Crippen molar-refractivity contribution in [3.63, 3.8) is 0 Å². The Balaban J connectivity index is 1.74. The Hall–Kier alpha value is -1.99. The van der Waals surface area contributed by atoms with Gasteiger partial charge in [-0.2, -0.15) is 0 Å². The largest absolute Gasteiger partial charge is 0.378 e. The molecule has 0 amide bonds. The van der Waals surface area contributed by atoms with E-state index in [-0.39, 0.29) is 5.82 Å². The van der Waals surface area contributed by atoms with E-state index in [0.29, 0.717) is 22.4 Å². The molecule has 114 valence electrons. The van der Waals surface area contributed by atoms with E-state index < -0.39 is 0 Å². The van der Waals surface area contributed by atoms with Crippen molar-refractivity contribution in [1.29, 1.82) is 0 Å². The Kier molecular flexibility index (Phi) is 4.35. The predicted octanol–water partition coefficient (Wildman–Crippen LogP) is 3.69. The van der Waals surface area contributed by atoms with Crippen LogP contribution in [0.1, 0.15) is 17.5 Å². The van der Waals surface area contributed by atoms with Gasteiger partial charge in [0.25, 0.3) is 0 Å². The van der Waals surface area contributed by atoms with Gasteiger partial charge >= 0.3 is 0 Å². The van der Waals surface area contributed by atoms with E-state index in [2.05, 4.69) is 20.6 Å². The molecule has 8 heteroatoms. The summed E-state index contributed by atoms with van der Waals surface area (Å²) in [5.74, 6) is -0.346. The van der Waals surface area contributed by atoms with Crippen LogP contribution in [0.25, 0.3) is 5.69 Å². The minimum absolute atomic E-state index is 0.346. The van der Waals surface area contributed by atoms with Crippen LogP contribution in [0.2, 0.25) is 4.47 Å². The number of hydrogen-bond acceptors (Lipinski definition) is 5. The van der Waals surface area contributed by atoms with Crippen molar-refractivity contribution >= 4 is 28.6 Å². The lowest BCUT2D eigenvalue weighted by molar-refractivity contribution is 0.627. The molecule has 0 bridgehead atoms. The number of nitrogens with zero attached hydrogens (tertiary/aromatic N) is 4. The van der Waals surface area contributed by atoms with Gasteiger partial charge in [0.15, 0.2) is 4.47 Å². The molecule has 5 nitrogen and oxygen atoms in total. The first-order valence-electron chi connectivity index (χ1n) is 6.71. The van der Waals surface area contributed by atoms with Crippen molar-refractivity contribution < 1.29 is 4.39 Å². The van der Waals surface area contributed by atoms with Gasteiger partial charge in [-0.15, -0.1) is 16.4 Å². The van der Waals surface area contributed by atoms with Gasteiger partial charge in [-0.25, -0.2) is 14.1 Å². The first-order valence-corrected chi connectivity index (χ1v) is 7.90. The van der Waals surface area contributed by atoms with Crippen molar-refractivity contribution in [2.24, 2.45) is 0 Å². The summed E-state index contributed by atoms with van der Waals surface area (Å²) in [4.78, 5) is 4.89. The molecule has 3 rings (SSSR count). The second kappa shape index (κ2) is 6.41. The summed E-state index contributed by atoms with van der Waals surface area (Å²) in [6.07, 6.45) is 4.26. The number of halogens is 2. The maximum absolute atomic E-state index is 14.2. The maximum atomic E-state index is 14.2. The average molecular weight is 338 g/mol. The zero-order chi connectivity index (χ0) is 15.5. The smallest absolute Gasteiger partial charge is 0.183 e. The van der Waals surface area contributed by atoms with Crippen LogP contribution in [0, 0.1) is 5.82 Å². The first kappa shape index (κ1) is 14.9. The highest BCUT2D eigenvalue weighted by atomic mass is 35.5. The Morgan fingerprint density at radius 3 is 2.91 bits per heavy atom. The Labute approximate surface area is 135 Å². The third-order valence-electron chi connectivity index (χ3n) is 3.10. The summed E-state index contributed by atoms with van der Waals surface area (Å²) < 4.78 is 16.2. The molecule has 0 fully saturated rings. The monoisotopic (exact) mass is 337 g/mol. The average Bonchev–Trinajstić information content (AvgIpc) is 3.14. The molecule has 0 aliphatic rings. The molecule has 1 N–H and O–H groups in total. The lowest BCUT2D eigenvalue weighted by Gasteiger charge is -2.08. The molecule has 0 saturated heterocycles. The van der Waals surface area contributed by atoms with Gasteiger partial charge in [-0.05, 0) is 18.6 Å². The van der Waals surface area contributed by atoms with Gasteiger partial charge in [0.1, 0.15) is 5.82 Å². The molecule has 0 atom stereocenters. The highest BCUT2D eigenvalue weighted by molar-refractivity contribution is 7.15. The van der Waals surface area contributed by atoms with Crippen LogP contribution in [-0.4, -0.2) is 20.0 Å². The fourth-order valence-corrected chi connectivity index (χ4v) is 2.84. The normalized spacial score (nSPS) is 10.9. The number of rotatable bonds is 5. The summed E-state index contributed by atoms with van der Waals surface area (Å²) in [5.41, 5.74) is 1.92. The van der Waals surface area contributed by atoms with E-state index in [1.165, 1.54) is 17.4 Å². The molecule has 1 aromatic carbocycles. The second-order valence-electron chi connectivity index (χ2n) is 4.61. The molecule has 0 unspecified atom stereocenters. The van der Waals surface area contributed by atoms with Crippen molar-refractivity contribution in [3.8, 4) is 5.69 Å². The molecule has 0 radical (unpaired) electrons. The number of aryl methyl sites for hydroxylation is 1. The molecule has 0 saturated carbocycles. The van der Waals surface area contributed by atoms with Crippen LogP contribution in [0.4, 0.5) is 10.1 Å². The molecule has 2 aromatic heterocycles. The van der Waals surface area contributed by atoms with E-state index in [4.69, 9.17) is 11.6 Å². The third kappa shape index (κ3) is 3.26. The lowest BCUT2D eigenvalue weighted by Crippen LogP contribution is -2.02. The third-order valence-corrected chi connectivity index (χ3v) is 4.21. The molecule has 0 aliphatic carbocycles. The van der Waals surface area contributed by atoms with Crippen molar-refractivity contribution in [1.82, 2.24) is 20.0 Å². The minimum atomic E-state index is -0.346. The van der Waals surface area contributed by atoms with Gasteiger partial charge in [0.2, 0.25) is 0 Å².